The van der Waals surface area contributed by atoms with Gasteiger partial charge in [0.2, 0.25) is 0 Å². The maximum Gasteiger partial charge on any atom is 0.188 e. The molecule has 1 atom stereocenters. The van der Waals surface area contributed by atoms with Gasteiger partial charge in [-0.3, -0.25) is 0 Å². The maximum atomic E-state index is 10.5. The van der Waals surface area contributed by atoms with Gasteiger partial charge in [-0.05, 0) is 38.3 Å². The van der Waals surface area contributed by atoms with Crippen LogP contribution in [-0.4, -0.2) is 19.0 Å². The Bertz CT molecular complexity index is 397. The van der Waals surface area contributed by atoms with Crippen LogP contribution in [0.1, 0.15) is 30.9 Å². The summed E-state index contributed by atoms with van der Waals surface area (Å²) < 4.78 is 10.4. The number of hydrogen-bond donors (Lipinski definition) is 1. The van der Waals surface area contributed by atoms with E-state index in [1.54, 1.807) is 20.1 Å². The standard InChI is InChI=1S/C15H22O3/c1-5-6-9-15(3,16)13-8-7-12(2)10-14(13)18-11-17-4/h5,7-8,10,16H,1,6,9,11H2,2-4H3. The Morgan fingerprint density at radius 2 is 2.17 bits per heavy atom. The molecule has 0 bridgehead atoms. The number of allylic oxidation sites excluding steroid dienone is 1. The van der Waals surface area contributed by atoms with Crippen molar-refractivity contribution in [1.29, 1.82) is 0 Å². The van der Waals surface area contributed by atoms with Gasteiger partial charge < -0.3 is 14.6 Å². The van der Waals surface area contributed by atoms with Crippen LogP contribution in [0.4, 0.5) is 0 Å². The fourth-order valence-electron chi connectivity index (χ4n) is 1.83. The van der Waals surface area contributed by atoms with E-state index >= 15 is 0 Å². The third-order valence-electron chi connectivity index (χ3n) is 2.88. The predicted octanol–water partition coefficient (Wildman–Crippen LogP) is 3.15. The Labute approximate surface area is 109 Å². The van der Waals surface area contributed by atoms with Gasteiger partial charge in [0.1, 0.15) is 5.75 Å². The van der Waals surface area contributed by atoms with Crippen molar-refractivity contribution in [2.45, 2.75) is 32.3 Å². The molecule has 18 heavy (non-hydrogen) atoms. The van der Waals surface area contributed by atoms with Gasteiger partial charge in [0.05, 0.1) is 5.60 Å². The number of aryl methyl sites for hydroxylation is 1. The van der Waals surface area contributed by atoms with E-state index in [2.05, 4.69) is 6.58 Å². The fourth-order valence-corrected chi connectivity index (χ4v) is 1.83. The van der Waals surface area contributed by atoms with Crippen molar-refractivity contribution in [3.63, 3.8) is 0 Å². The summed E-state index contributed by atoms with van der Waals surface area (Å²) in [6.07, 6.45) is 3.17. The highest BCUT2D eigenvalue weighted by Crippen LogP contribution is 2.34. The van der Waals surface area contributed by atoms with Crippen molar-refractivity contribution < 1.29 is 14.6 Å². The lowest BCUT2D eigenvalue weighted by atomic mass is 9.89. The second-order valence-electron chi connectivity index (χ2n) is 4.65. The minimum Gasteiger partial charge on any atom is -0.467 e. The molecule has 1 aromatic rings. The first-order chi connectivity index (χ1) is 8.51. The first-order valence-electron chi connectivity index (χ1n) is 6.07. The number of methoxy groups -OCH3 is 1. The summed E-state index contributed by atoms with van der Waals surface area (Å²) >= 11 is 0. The van der Waals surface area contributed by atoms with Crippen LogP contribution < -0.4 is 4.74 Å². The second kappa shape index (κ2) is 6.57. The third kappa shape index (κ3) is 3.86. The van der Waals surface area contributed by atoms with Gasteiger partial charge >= 0.3 is 0 Å². The SMILES string of the molecule is C=CCCC(C)(O)c1ccc(C)cc1OCOC. The number of hydrogen-bond acceptors (Lipinski definition) is 3. The van der Waals surface area contributed by atoms with Crippen LogP contribution in [0.5, 0.6) is 5.75 Å². The number of benzene rings is 1. The van der Waals surface area contributed by atoms with E-state index in [1.165, 1.54) is 0 Å². The highest BCUT2D eigenvalue weighted by atomic mass is 16.7. The highest BCUT2D eigenvalue weighted by Gasteiger charge is 2.26. The molecule has 1 unspecified atom stereocenters. The molecule has 0 amide bonds. The van der Waals surface area contributed by atoms with Crippen molar-refractivity contribution in [1.82, 2.24) is 0 Å². The van der Waals surface area contributed by atoms with E-state index in [0.717, 1.165) is 17.5 Å². The Hall–Kier alpha value is -1.32. The molecule has 100 valence electrons. The van der Waals surface area contributed by atoms with Crippen LogP contribution in [0.25, 0.3) is 0 Å². The molecule has 1 aromatic carbocycles. The van der Waals surface area contributed by atoms with Crippen molar-refractivity contribution in [2.24, 2.45) is 0 Å². The summed E-state index contributed by atoms with van der Waals surface area (Å²) in [7, 11) is 1.57. The largest absolute Gasteiger partial charge is 0.467 e. The molecule has 0 aliphatic carbocycles. The van der Waals surface area contributed by atoms with E-state index in [-0.39, 0.29) is 6.79 Å². The molecule has 3 heteroatoms. The molecule has 1 N–H and O–H groups in total. The summed E-state index contributed by atoms with van der Waals surface area (Å²) in [4.78, 5) is 0. The van der Waals surface area contributed by atoms with Crippen LogP contribution in [0.15, 0.2) is 30.9 Å². The highest BCUT2D eigenvalue weighted by molar-refractivity contribution is 5.40. The molecule has 1 rings (SSSR count). The van der Waals surface area contributed by atoms with Gasteiger partial charge in [-0.25, -0.2) is 0 Å². The Morgan fingerprint density at radius 1 is 1.44 bits per heavy atom. The molecular formula is C15H22O3. The van der Waals surface area contributed by atoms with Crippen LogP contribution in [-0.2, 0) is 10.3 Å². The van der Waals surface area contributed by atoms with E-state index < -0.39 is 5.60 Å². The minimum atomic E-state index is -0.926. The number of ether oxygens (including phenoxy) is 2. The molecule has 0 aliphatic heterocycles. The average Bonchev–Trinajstić information content (AvgIpc) is 2.33. The Morgan fingerprint density at radius 3 is 2.78 bits per heavy atom. The van der Waals surface area contributed by atoms with Crippen molar-refractivity contribution >= 4 is 0 Å². The zero-order valence-electron chi connectivity index (χ0n) is 11.4. The van der Waals surface area contributed by atoms with E-state index in [4.69, 9.17) is 9.47 Å². The predicted molar refractivity (Wildman–Crippen MR) is 72.7 cm³/mol. The zero-order chi connectivity index (χ0) is 13.6. The molecule has 0 fully saturated rings. The van der Waals surface area contributed by atoms with E-state index in [1.807, 2.05) is 25.1 Å². The van der Waals surface area contributed by atoms with E-state index in [9.17, 15) is 5.11 Å². The Kier molecular flexibility index (Phi) is 5.38. The van der Waals surface area contributed by atoms with Crippen LogP contribution in [0.2, 0.25) is 0 Å². The summed E-state index contributed by atoms with van der Waals surface area (Å²) in [6.45, 7) is 7.64. The molecular weight excluding hydrogens is 228 g/mol. The molecule has 0 aromatic heterocycles. The second-order valence-corrected chi connectivity index (χ2v) is 4.65. The molecule has 3 nitrogen and oxygen atoms in total. The monoisotopic (exact) mass is 250 g/mol. The van der Waals surface area contributed by atoms with Crippen LogP contribution in [0.3, 0.4) is 0 Å². The lowest BCUT2D eigenvalue weighted by Gasteiger charge is -2.26. The van der Waals surface area contributed by atoms with Crippen molar-refractivity contribution in [3.05, 3.63) is 42.0 Å². The van der Waals surface area contributed by atoms with E-state index in [0.29, 0.717) is 12.2 Å². The molecule has 0 heterocycles. The van der Waals surface area contributed by atoms with Gasteiger partial charge in [0, 0.05) is 12.7 Å². The van der Waals surface area contributed by atoms with Crippen molar-refractivity contribution in [3.8, 4) is 5.75 Å². The fraction of sp³-hybridized carbons (Fsp3) is 0.467. The van der Waals surface area contributed by atoms with Crippen LogP contribution in [0, 0.1) is 6.92 Å². The molecule has 0 aliphatic rings. The smallest absolute Gasteiger partial charge is 0.188 e. The molecule has 0 saturated heterocycles. The average molecular weight is 250 g/mol. The topological polar surface area (TPSA) is 38.7 Å². The normalized spacial score (nSPS) is 14.0. The lowest BCUT2D eigenvalue weighted by molar-refractivity contribution is 0.0285. The first-order valence-corrected chi connectivity index (χ1v) is 6.07. The molecule has 0 spiro atoms. The first kappa shape index (κ1) is 14.7. The summed E-state index contributed by atoms with van der Waals surface area (Å²) in [5.74, 6) is 0.672. The number of rotatable bonds is 7. The van der Waals surface area contributed by atoms with Gasteiger partial charge in [0.15, 0.2) is 6.79 Å². The van der Waals surface area contributed by atoms with Gasteiger partial charge in [-0.1, -0.05) is 18.2 Å². The quantitative estimate of drug-likeness (QED) is 0.597. The zero-order valence-corrected chi connectivity index (χ0v) is 11.4. The van der Waals surface area contributed by atoms with Gasteiger partial charge in [-0.15, -0.1) is 6.58 Å². The maximum absolute atomic E-state index is 10.5. The summed E-state index contributed by atoms with van der Waals surface area (Å²) in [6, 6.07) is 5.79. The minimum absolute atomic E-state index is 0.175. The van der Waals surface area contributed by atoms with Crippen molar-refractivity contribution in [2.75, 3.05) is 13.9 Å². The lowest BCUT2D eigenvalue weighted by Crippen LogP contribution is -2.22. The Balaban J connectivity index is 3.01. The third-order valence-corrected chi connectivity index (χ3v) is 2.88. The summed E-state index contributed by atoms with van der Waals surface area (Å²) in [5, 5.41) is 10.5. The molecule has 0 radical (unpaired) electrons. The molecule has 0 saturated carbocycles. The van der Waals surface area contributed by atoms with Crippen LogP contribution >= 0.6 is 0 Å². The van der Waals surface area contributed by atoms with Gasteiger partial charge in [-0.2, -0.15) is 0 Å². The number of aliphatic hydroxyl groups is 1. The van der Waals surface area contributed by atoms with Gasteiger partial charge in [0.25, 0.3) is 0 Å². The summed E-state index contributed by atoms with van der Waals surface area (Å²) in [5.41, 5.74) is 0.946.